The van der Waals surface area contributed by atoms with Crippen molar-refractivity contribution in [2.75, 3.05) is 11.5 Å². The molecule has 0 bridgehead atoms. The predicted molar refractivity (Wildman–Crippen MR) is 239 cm³/mol. The lowest BCUT2D eigenvalue weighted by Crippen LogP contribution is -2.30. The number of nitrogens with zero attached hydrogens (tertiary/aromatic N) is 4. The van der Waals surface area contributed by atoms with Crippen molar-refractivity contribution in [1.82, 2.24) is 9.55 Å². The first-order chi connectivity index (χ1) is 27.3. The van der Waals surface area contributed by atoms with Crippen molar-refractivity contribution in [3.05, 3.63) is 150 Å². The molecule has 0 unspecified atom stereocenters. The Morgan fingerprint density at radius 3 is 2.12 bits per heavy atom. The summed E-state index contributed by atoms with van der Waals surface area (Å²) in [6, 6.07) is 44.7. The van der Waals surface area contributed by atoms with Crippen molar-refractivity contribution in [3.8, 4) is 16.9 Å². The maximum Gasteiger partial charge on any atom is 0.216 e. The Hall–Kier alpha value is -5.68. The Labute approximate surface area is 338 Å². The number of fused-ring (bicyclic) bond motifs is 5. The van der Waals surface area contributed by atoms with Gasteiger partial charge in [-0.1, -0.05) is 129 Å². The second-order valence-electron chi connectivity index (χ2n) is 18.4. The molecule has 2 aliphatic rings. The molecule has 4 heterocycles. The summed E-state index contributed by atoms with van der Waals surface area (Å²) in [5.74, 6) is 3.12. The van der Waals surface area contributed by atoms with Gasteiger partial charge in [-0.15, -0.1) is 0 Å². The van der Waals surface area contributed by atoms with Crippen LogP contribution in [-0.4, -0.2) is 28.1 Å². The van der Waals surface area contributed by atoms with Crippen LogP contribution in [-0.2, 0) is 15.6 Å². The minimum atomic E-state index is -0.265. The summed E-state index contributed by atoms with van der Waals surface area (Å²) < 4.78 is 8.91. The summed E-state index contributed by atoms with van der Waals surface area (Å²) in [6.07, 6.45) is 1.96. The quantitative estimate of drug-likeness (QED) is 0.163. The third kappa shape index (κ3) is 6.23. The number of hydrogen-bond donors (Lipinski definition) is 0. The number of benzene rings is 5. The van der Waals surface area contributed by atoms with Gasteiger partial charge >= 0.3 is 0 Å². The Balaban J connectivity index is 1.31. The average Bonchev–Trinajstić information content (AvgIpc) is 3.80. The molecule has 2 aliphatic heterocycles. The van der Waals surface area contributed by atoms with E-state index in [-0.39, 0.29) is 16.9 Å². The fraction of sp³-hybridized carbons (Fsp3) is 0.308. The van der Waals surface area contributed by atoms with Gasteiger partial charge in [-0.05, 0) is 106 Å². The molecule has 0 saturated heterocycles. The Morgan fingerprint density at radius 1 is 0.667 bits per heavy atom. The Morgan fingerprint density at radius 2 is 1.37 bits per heavy atom. The van der Waals surface area contributed by atoms with Crippen LogP contribution in [0.1, 0.15) is 84.6 Å². The molecule has 0 N–H and O–H groups in total. The molecular formula is C52H54N4O. The SMILES string of the molecule is CC(C)C(C(C)C)[C@@H]1COC(c2cc(-c3ccccc3)cc(N3c4ccccc4C(C)(C)c4cc5c6ccccc6n(-c6cc(C(C)(C)C)ccn6)c5cc43)c2)=N1. The van der Waals surface area contributed by atoms with Crippen LogP contribution in [0.3, 0.4) is 0 Å². The third-order valence-corrected chi connectivity index (χ3v) is 12.6. The zero-order valence-corrected chi connectivity index (χ0v) is 34.8. The maximum absolute atomic E-state index is 6.55. The number of hydrogen-bond acceptors (Lipinski definition) is 4. The fourth-order valence-electron chi connectivity index (χ4n) is 9.76. The minimum Gasteiger partial charge on any atom is -0.475 e. The highest BCUT2D eigenvalue weighted by atomic mass is 16.5. The topological polar surface area (TPSA) is 42.6 Å². The molecule has 57 heavy (non-hydrogen) atoms. The van der Waals surface area contributed by atoms with Gasteiger partial charge in [0.15, 0.2) is 0 Å². The van der Waals surface area contributed by atoms with Crippen molar-refractivity contribution >= 4 is 44.8 Å². The molecule has 0 amide bonds. The van der Waals surface area contributed by atoms with Crippen LogP contribution in [0.5, 0.6) is 0 Å². The first-order valence-corrected chi connectivity index (χ1v) is 20.7. The van der Waals surface area contributed by atoms with Crippen molar-refractivity contribution in [1.29, 1.82) is 0 Å². The summed E-state index contributed by atoms with van der Waals surface area (Å²) in [5, 5.41) is 2.45. The molecule has 7 aromatic rings. The van der Waals surface area contributed by atoms with E-state index < -0.39 is 0 Å². The predicted octanol–water partition coefficient (Wildman–Crippen LogP) is 13.3. The van der Waals surface area contributed by atoms with E-state index in [0.717, 1.165) is 50.8 Å². The number of ether oxygens (including phenoxy) is 1. The van der Waals surface area contributed by atoms with Gasteiger partial charge in [-0.25, -0.2) is 9.98 Å². The van der Waals surface area contributed by atoms with Crippen LogP contribution in [0.15, 0.2) is 133 Å². The van der Waals surface area contributed by atoms with Crippen LogP contribution < -0.4 is 4.90 Å². The van der Waals surface area contributed by atoms with E-state index in [2.05, 4.69) is 193 Å². The van der Waals surface area contributed by atoms with E-state index in [4.69, 9.17) is 14.7 Å². The molecule has 0 aliphatic carbocycles. The molecule has 1 atom stereocenters. The van der Waals surface area contributed by atoms with E-state index in [1.807, 2.05) is 6.20 Å². The van der Waals surface area contributed by atoms with Gasteiger partial charge in [-0.3, -0.25) is 4.57 Å². The van der Waals surface area contributed by atoms with Crippen LogP contribution in [0.4, 0.5) is 17.1 Å². The second-order valence-corrected chi connectivity index (χ2v) is 18.4. The van der Waals surface area contributed by atoms with Crippen LogP contribution in [0.2, 0.25) is 0 Å². The highest BCUT2D eigenvalue weighted by Crippen LogP contribution is 2.54. The standard InChI is InChI=1S/C52H54N4O/c1-32(2)49(33(3)4)43-31-57-50(54-43)36-25-35(34-17-11-10-12-18-34)26-38(27-36)55-45-22-16-14-20-41(45)52(8,9)42-29-40-39-19-13-15-21-44(39)56(46(40)30-47(42)55)48-28-37(23-24-53-48)51(5,6)7/h10-30,32-33,43,49H,31H2,1-9H3/t43-/m0/s1. The minimum absolute atomic E-state index is 0.0144. The smallest absolute Gasteiger partial charge is 0.216 e. The van der Waals surface area contributed by atoms with Gasteiger partial charge in [0.05, 0.1) is 28.5 Å². The van der Waals surface area contributed by atoms with E-state index in [9.17, 15) is 0 Å². The average molecular weight is 751 g/mol. The summed E-state index contributed by atoms with van der Waals surface area (Å²) in [7, 11) is 0. The molecule has 0 radical (unpaired) electrons. The van der Waals surface area contributed by atoms with E-state index in [1.54, 1.807) is 0 Å². The number of anilines is 3. The second kappa shape index (κ2) is 13.8. The zero-order chi connectivity index (χ0) is 39.8. The van der Waals surface area contributed by atoms with Crippen molar-refractivity contribution < 1.29 is 4.74 Å². The molecule has 5 heteroatoms. The number of aromatic nitrogens is 2. The largest absolute Gasteiger partial charge is 0.475 e. The number of para-hydroxylation sites is 2. The first kappa shape index (κ1) is 36.9. The maximum atomic E-state index is 6.55. The summed E-state index contributed by atoms with van der Waals surface area (Å²) in [6.45, 7) is 21.4. The molecule has 9 rings (SSSR count). The number of pyridine rings is 1. The van der Waals surface area contributed by atoms with Gasteiger partial charge in [0, 0.05) is 33.6 Å². The van der Waals surface area contributed by atoms with Crippen LogP contribution in [0.25, 0.3) is 38.8 Å². The lowest BCUT2D eigenvalue weighted by atomic mass is 9.73. The van der Waals surface area contributed by atoms with Crippen molar-refractivity contribution in [2.45, 2.75) is 79.2 Å². The highest BCUT2D eigenvalue weighted by molar-refractivity contribution is 6.11. The molecule has 5 nitrogen and oxygen atoms in total. The Bertz CT molecular complexity index is 2670. The van der Waals surface area contributed by atoms with Gasteiger partial charge in [0.25, 0.3) is 0 Å². The van der Waals surface area contributed by atoms with Gasteiger partial charge < -0.3 is 9.64 Å². The fourth-order valence-corrected chi connectivity index (χ4v) is 9.76. The Kier molecular flexibility index (Phi) is 8.91. The molecule has 2 aromatic heterocycles. The molecule has 5 aromatic carbocycles. The third-order valence-electron chi connectivity index (χ3n) is 12.6. The van der Waals surface area contributed by atoms with Crippen LogP contribution >= 0.6 is 0 Å². The van der Waals surface area contributed by atoms with Gasteiger partial charge in [0.2, 0.25) is 5.90 Å². The summed E-state index contributed by atoms with van der Waals surface area (Å²) >= 11 is 0. The summed E-state index contributed by atoms with van der Waals surface area (Å²) in [5.41, 5.74) is 12.5. The molecule has 288 valence electrons. The van der Waals surface area contributed by atoms with E-state index >= 15 is 0 Å². The molecule has 0 saturated carbocycles. The van der Waals surface area contributed by atoms with Crippen molar-refractivity contribution in [3.63, 3.8) is 0 Å². The van der Waals surface area contributed by atoms with Gasteiger partial charge in [-0.2, -0.15) is 0 Å². The van der Waals surface area contributed by atoms with Crippen LogP contribution in [0, 0.1) is 17.8 Å². The van der Waals surface area contributed by atoms with Crippen molar-refractivity contribution in [2.24, 2.45) is 22.7 Å². The number of rotatable bonds is 7. The summed E-state index contributed by atoms with van der Waals surface area (Å²) in [4.78, 5) is 12.8. The lowest BCUT2D eigenvalue weighted by molar-refractivity contribution is 0.198. The number of aliphatic imine (C=N–C) groups is 1. The monoisotopic (exact) mass is 750 g/mol. The first-order valence-electron chi connectivity index (χ1n) is 20.7. The lowest BCUT2D eigenvalue weighted by Gasteiger charge is -2.42. The highest BCUT2D eigenvalue weighted by Gasteiger charge is 2.39. The normalized spacial score (nSPS) is 16.4. The van der Waals surface area contributed by atoms with Gasteiger partial charge in [0.1, 0.15) is 12.4 Å². The van der Waals surface area contributed by atoms with E-state index in [1.165, 1.54) is 33.2 Å². The molecule has 0 fully saturated rings. The zero-order valence-electron chi connectivity index (χ0n) is 34.8. The molecule has 0 spiro atoms. The molecular weight excluding hydrogens is 697 g/mol. The van der Waals surface area contributed by atoms with E-state index in [0.29, 0.717) is 24.4 Å².